The minimum absolute atomic E-state index is 0.200. The summed E-state index contributed by atoms with van der Waals surface area (Å²) in [7, 11) is 0. The van der Waals surface area contributed by atoms with Crippen LogP contribution in [0, 0.1) is 0 Å². The first-order valence-electron chi connectivity index (χ1n) is 5.32. The monoisotopic (exact) mass is 263 g/mol. The van der Waals surface area contributed by atoms with Gasteiger partial charge in [-0.1, -0.05) is 18.2 Å². The predicted molar refractivity (Wildman–Crippen MR) is 66.1 cm³/mol. The summed E-state index contributed by atoms with van der Waals surface area (Å²) in [6.07, 6.45) is -2.30. The lowest BCUT2D eigenvalue weighted by atomic mass is 10.1. The van der Waals surface area contributed by atoms with Crippen LogP contribution in [0.4, 0.5) is 13.2 Å². The zero-order valence-electron chi connectivity index (χ0n) is 9.84. The van der Waals surface area contributed by atoms with Crippen molar-refractivity contribution >= 4 is 11.8 Å². The van der Waals surface area contributed by atoms with E-state index in [9.17, 15) is 13.2 Å². The normalized spacial score (nSPS) is 13.7. The summed E-state index contributed by atoms with van der Waals surface area (Å²) in [5.74, 6) is 0.883. The highest BCUT2D eigenvalue weighted by molar-refractivity contribution is 7.98. The van der Waals surface area contributed by atoms with Crippen LogP contribution in [-0.4, -0.2) is 18.1 Å². The zero-order valence-corrected chi connectivity index (χ0v) is 10.7. The van der Waals surface area contributed by atoms with E-state index in [0.29, 0.717) is 5.56 Å². The van der Waals surface area contributed by atoms with E-state index in [1.54, 1.807) is 17.8 Å². The molecule has 0 aromatic heterocycles. The topological polar surface area (TPSA) is 12.0 Å². The third-order valence-corrected chi connectivity index (χ3v) is 3.21. The molecule has 0 aliphatic heterocycles. The molecule has 0 radical (unpaired) electrons. The number of nitrogens with one attached hydrogen (secondary N) is 1. The molecule has 1 aromatic rings. The van der Waals surface area contributed by atoms with E-state index in [0.717, 1.165) is 11.8 Å². The second-order valence-corrected chi connectivity index (χ2v) is 4.80. The summed E-state index contributed by atoms with van der Waals surface area (Å²) >= 11 is 1.67. The largest absolute Gasteiger partial charge is 0.416 e. The SMILES string of the molecule is CSCC(C)NCc1ccccc1C(F)(F)F. The molecule has 96 valence electrons. The number of hydrogen-bond donors (Lipinski definition) is 1. The van der Waals surface area contributed by atoms with Crippen molar-refractivity contribution in [2.24, 2.45) is 0 Å². The molecule has 0 heterocycles. The Hall–Kier alpha value is -0.680. The quantitative estimate of drug-likeness (QED) is 0.872. The van der Waals surface area contributed by atoms with E-state index in [2.05, 4.69) is 5.32 Å². The van der Waals surface area contributed by atoms with Crippen LogP contribution in [0.15, 0.2) is 24.3 Å². The van der Waals surface area contributed by atoms with Gasteiger partial charge in [0.1, 0.15) is 0 Å². The van der Waals surface area contributed by atoms with Gasteiger partial charge in [-0.3, -0.25) is 0 Å². The fourth-order valence-corrected chi connectivity index (χ4v) is 2.16. The predicted octanol–water partition coefficient (Wildman–Crippen LogP) is 3.55. The first-order valence-corrected chi connectivity index (χ1v) is 6.72. The van der Waals surface area contributed by atoms with Crippen molar-refractivity contribution < 1.29 is 13.2 Å². The van der Waals surface area contributed by atoms with Crippen molar-refractivity contribution in [1.82, 2.24) is 5.32 Å². The van der Waals surface area contributed by atoms with Gasteiger partial charge in [0.15, 0.2) is 0 Å². The Morgan fingerprint density at radius 3 is 2.53 bits per heavy atom. The van der Waals surface area contributed by atoms with Gasteiger partial charge in [0, 0.05) is 18.3 Å². The minimum atomic E-state index is -4.28. The van der Waals surface area contributed by atoms with Gasteiger partial charge in [-0.2, -0.15) is 24.9 Å². The summed E-state index contributed by atoms with van der Waals surface area (Å²) in [6.45, 7) is 2.21. The Bertz CT molecular complexity index is 352. The molecule has 0 bridgehead atoms. The second-order valence-electron chi connectivity index (χ2n) is 3.89. The lowest BCUT2D eigenvalue weighted by Crippen LogP contribution is -2.28. The highest BCUT2D eigenvalue weighted by Gasteiger charge is 2.32. The highest BCUT2D eigenvalue weighted by Crippen LogP contribution is 2.31. The van der Waals surface area contributed by atoms with Gasteiger partial charge >= 0.3 is 6.18 Å². The molecule has 0 saturated heterocycles. The van der Waals surface area contributed by atoms with Crippen LogP contribution < -0.4 is 5.32 Å². The molecular formula is C12H16F3NS. The summed E-state index contributed by atoms with van der Waals surface area (Å²) in [5, 5.41) is 3.09. The van der Waals surface area contributed by atoms with Gasteiger partial charge < -0.3 is 5.32 Å². The fourth-order valence-electron chi connectivity index (χ4n) is 1.54. The summed E-state index contributed by atoms with van der Waals surface area (Å²) in [4.78, 5) is 0. The van der Waals surface area contributed by atoms with Crippen molar-refractivity contribution in [2.45, 2.75) is 25.7 Å². The standard InChI is InChI=1S/C12H16F3NS/c1-9(8-17-2)16-7-10-5-3-4-6-11(10)12(13,14)15/h3-6,9,16H,7-8H2,1-2H3. The molecule has 17 heavy (non-hydrogen) atoms. The maximum absolute atomic E-state index is 12.7. The third-order valence-electron chi connectivity index (χ3n) is 2.38. The molecule has 1 atom stereocenters. The molecule has 0 aliphatic carbocycles. The van der Waals surface area contributed by atoms with Crippen LogP contribution in [0.25, 0.3) is 0 Å². The molecule has 1 unspecified atom stereocenters. The van der Waals surface area contributed by atoms with E-state index in [1.165, 1.54) is 12.1 Å². The first-order chi connectivity index (χ1) is 7.95. The van der Waals surface area contributed by atoms with E-state index in [1.807, 2.05) is 13.2 Å². The zero-order chi connectivity index (χ0) is 12.9. The van der Waals surface area contributed by atoms with Crippen LogP contribution in [0.1, 0.15) is 18.1 Å². The summed E-state index contributed by atoms with van der Waals surface area (Å²) in [5.41, 5.74) is -0.253. The molecule has 0 aliphatic rings. The minimum Gasteiger partial charge on any atom is -0.309 e. The number of hydrogen-bond acceptors (Lipinski definition) is 2. The van der Waals surface area contributed by atoms with Crippen molar-refractivity contribution in [2.75, 3.05) is 12.0 Å². The Labute approximate surface area is 104 Å². The van der Waals surface area contributed by atoms with Crippen LogP contribution >= 0.6 is 11.8 Å². The lowest BCUT2D eigenvalue weighted by molar-refractivity contribution is -0.138. The van der Waals surface area contributed by atoms with Crippen LogP contribution in [-0.2, 0) is 12.7 Å². The molecule has 0 spiro atoms. The van der Waals surface area contributed by atoms with E-state index < -0.39 is 11.7 Å². The van der Waals surface area contributed by atoms with Crippen molar-refractivity contribution in [3.05, 3.63) is 35.4 Å². The van der Waals surface area contributed by atoms with Crippen molar-refractivity contribution in [3.8, 4) is 0 Å². The Morgan fingerprint density at radius 1 is 1.29 bits per heavy atom. The smallest absolute Gasteiger partial charge is 0.309 e. The molecule has 0 fully saturated rings. The highest BCUT2D eigenvalue weighted by atomic mass is 32.2. The third kappa shape index (κ3) is 4.60. The second kappa shape index (κ2) is 6.31. The van der Waals surface area contributed by atoms with Gasteiger partial charge in [0.25, 0.3) is 0 Å². The number of halogens is 3. The summed E-state index contributed by atoms with van der Waals surface area (Å²) in [6, 6.07) is 5.88. The molecule has 5 heteroatoms. The lowest BCUT2D eigenvalue weighted by Gasteiger charge is -2.16. The number of benzene rings is 1. The van der Waals surface area contributed by atoms with Crippen LogP contribution in [0.2, 0.25) is 0 Å². The van der Waals surface area contributed by atoms with Gasteiger partial charge in [0.2, 0.25) is 0 Å². The number of alkyl halides is 3. The molecule has 1 nitrogen and oxygen atoms in total. The Morgan fingerprint density at radius 2 is 1.94 bits per heavy atom. The Kier molecular flexibility index (Phi) is 5.33. The molecule has 1 rings (SSSR count). The molecular weight excluding hydrogens is 247 g/mol. The Balaban J connectivity index is 2.71. The van der Waals surface area contributed by atoms with E-state index in [-0.39, 0.29) is 12.6 Å². The van der Waals surface area contributed by atoms with Gasteiger partial charge in [-0.05, 0) is 24.8 Å². The van der Waals surface area contributed by atoms with Crippen molar-refractivity contribution in [1.29, 1.82) is 0 Å². The molecule has 1 aromatic carbocycles. The van der Waals surface area contributed by atoms with Crippen LogP contribution in [0.5, 0.6) is 0 Å². The van der Waals surface area contributed by atoms with E-state index >= 15 is 0 Å². The molecule has 0 amide bonds. The fraction of sp³-hybridized carbons (Fsp3) is 0.500. The number of thioether (sulfide) groups is 1. The average molecular weight is 263 g/mol. The van der Waals surface area contributed by atoms with E-state index in [4.69, 9.17) is 0 Å². The van der Waals surface area contributed by atoms with Gasteiger partial charge in [-0.15, -0.1) is 0 Å². The molecule has 0 saturated carbocycles. The van der Waals surface area contributed by atoms with Crippen molar-refractivity contribution in [3.63, 3.8) is 0 Å². The van der Waals surface area contributed by atoms with Gasteiger partial charge in [-0.25, -0.2) is 0 Å². The maximum atomic E-state index is 12.7. The van der Waals surface area contributed by atoms with Gasteiger partial charge in [0.05, 0.1) is 5.56 Å². The maximum Gasteiger partial charge on any atom is 0.416 e. The number of rotatable bonds is 5. The van der Waals surface area contributed by atoms with Crippen LogP contribution in [0.3, 0.4) is 0 Å². The first kappa shape index (κ1) is 14.4. The molecule has 1 N–H and O–H groups in total. The summed E-state index contributed by atoms with van der Waals surface area (Å²) < 4.78 is 38.1. The average Bonchev–Trinajstić information content (AvgIpc) is 2.26.